The molecule has 168 valence electrons. The van der Waals surface area contributed by atoms with E-state index < -0.39 is 11.4 Å². The second-order valence-electron chi connectivity index (χ2n) is 8.65. The van der Waals surface area contributed by atoms with Gasteiger partial charge < -0.3 is 9.32 Å². The van der Waals surface area contributed by atoms with E-state index in [0.717, 1.165) is 5.56 Å². The van der Waals surface area contributed by atoms with Gasteiger partial charge in [-0.25, -0.2) is 4.98 Å². The highest BCUT2D eigenvalue weighted by molar-refractivity contribution is 6.24. The van der Waals surface area contributed by atoms with Crippen molar-refractivity contribution in [2.75, 3.05) is 16.3 Å². The summed E-state index contributed by atoms with van der Waals surface area (Å²) < 4.78 is 6.03. The Morgan fingerprint density at radius 3 is 2.56 bits per heavy atom. The van der Waals surface area contributed by atoms with Crippen molar-refractivity contribution < 1.29 is 14.0 Å². The maximum atomic E-state index is 14.4. The fourth-order valence-corrected chi connectivity index (χ4v) is 5.24. The van der Waals surface area contributed by atoms with Gasteiger partial charge in [-0.3, -0.25) is 19.3 Å². The Morgan fingerprint density at radius 1 is 1.00 bits per heavy atom. The molecule has 0 bridgehead atoms. The van der Waals surface area contributed by atoms with Crippen LogP contribution in [0.3, 0.4) is 0 Å². The van der Waals surface area contributed by atoms with E-state index >= 15 is 0 Å². The standard InChI is InChI=1S/C27H21N3O4/c1-3-14-29-19-10-6-5-9-18(19)27(26(29)33)22-23(31)17-8-4-7-11-20(17)34-24(22)25(32)30(27)21-15-16(2)12-13-28-21/h4-13,15H,3,14H2,1-2H3. The number of nitrogens with zero attached hydrogens (tertiary/aromatic N) is 3. The number of aryl methyl sites for hydroxylation is 1. The maximum Gasteiger partial charge on any atom is 0.297 e. The molecule has 1 spiro atoms. The third kappa shape index (κ3) is 2.41. The van der Waals surface area contributed by atoms with Gasteiger partial charge in [0.05, 0.1) is 16.6 Å². The van der Waals surface area contributed by atoms with Crippen molar-refractivity contribution in [1.82, 2.24) is 4.98 Å². The Balaban J connectivity index is 1.79. The Morgan fingerprint density at radius 2 is 1.76 bits per heavy atom. The van der Waals surface area contributed by atoms with Crippen molar-refractivity contribution >= 4 is 34.3 Å². The number of para-hydroxylation sites is 2. The molecule has 0 fully saturated rings. The van der Waals surface area contributed by atoms with Crippen molar-refractivity contribution in [2.24, 2.45) is 0 Å². The van der Waals surface area contributed by atoms with Crippen molar-refractivity contribution in [1.29, 1.82) is 0 Å². The van der Waals surface area contributed by atoms with E-state index in [0.29, 0.717) is 41.0 Å². The number of carbonyl (C=O) groups excluding carboxylic acids is 2. The Bertz CT molecular complexity index is 1570. The first kappa shape index (κ1) is 20.4. The van der Waals surface area contributed by atoms with Gasteiger partial charge in [-0.15, -0.1) is 0 Å². The van der Waals surface area contributed by atoms with Crippen LogP contribution in [0.2, 0.25) is 0 Å². The van der Waals surface area contributed by atoms with Gasteiger partial charge in [0.15, 0.2) is 11.0 Å². The van der Waals surface area contributed by atoms with Gasteiger partial charge in [0.1, 0.15) is 11.4 Å². The second kappa shape index (κ2) is 7.12. The first-order valence-corrected chi connectivity index (χ1v) is 11.2. The smallest absolute Gasteiger partial charge is 0.297 e. The predicted molar refractivity (Wildman–Crippen MR) is 128 cm³/mol. The molecule has 1 atom stereocenters. The van der Waals surface area contributed by atoms with Crippen LogP contribution in [0.1, 0.15) is 40.6 Å². The monoisotopic (exact) mass is 451 g/mol. The lowest BCUT2D eigenvalue weighted by Crippen LogP contribution is -2.54. The fraction of sp³-hybridized carbons (Fsp3) is 0.185. The summed E-state index contributed by atoms with van der Waals surface area (Å²) in [5.41, 5.74) is 0.406. The number of rotatable bonds is 3. The summed E-state index contributed by atoms with van der Waals surface area (Å²) in [7, 11) is 0. The van der Waals surface area contributed by atoms with E-state index in [-0.39, 0.29) is 22.7 Å². The van der Waals surface area contributed by atoms with Crippen molar-refractivity contribution in [2.45, 2.75) is 25.8 Å². The van der Waals surface area contributed by atoms with E-state index in [1.165, 1.54) is 4.90 Å². The zero-order chi connectivity index (χ0) is 23.6. The lowest BCUT2D eigenvalue weighted by Gasteiger charge is -2.33. The molecule has 7 heteroatoms. The minimum atomic E-state index is -1.69. The number of benzene rings is 2. The SMILES string of the molecule is CCCN1C(=O)C2(c3ccccc31)c1c(oc3ccccc3c1=O)C(=O)N2c1cc(C)ccn1. The summed E-state index contributed by atoms with van der Waals surface area (Å²) in [6, 6.07) is 17.7. The van der Waals surface area contributed by atoms with Crippen LogP contribution in [-0.4, -0.2) is 23.3 Å². The maximum absolute atomic E-state index is 14.4. The average Bonchev–Trinajstić information content (AvgIpc) is 3.24. The zero-order valence-corrected chi connectivity index (χ0v) is 18.7. The van der Waals surface area contributed by atoms with Crippen molar-refractivity contribution in [3.63, 3.8) is 0 Å². The number of hydrogen-bond acceptors (Lipinski definition) is 5. The van der Waals surface area contributed by atoms with Crippen LogP contribution in [0.25, 0.3) is 11.0 Å². The number of fused-ring (bicyclic) bond motifs is 5. The molecule has 0 saturated carbocycles. The van der Waals surface area contributed by atoms with E-state index in [2.05, 4.69) is 4.98 Å². The first-order chi connectivity index (χ1) is 16.5. The van der Waals surface area contributed by atoms with E-state index in [1.54, 1.807) is 41.4 Å². The largest absolute Gasteiger partial charge is 0.450 e. The lowest BCUT2D eigenvalue weighted by molar-refractivity contribution is -0.121. The van der Waals surface area contributed by atoms with Gasteiger partial charge in [-0.2, -0.15) is 0 Å². The summed E-state index contributed by atoms with van der Waals surface area (Å²) in [5.74, 6) is -0.735. The molecule has 2 aliphatic rings. The minimum absolute atomic E-state index is 0.0514. The lowest BCUT2D eigenvalue weighted by atomic mass is 9.84. The minimum Gasteiger partial charge on any atom is -0.450 e. The second-order valence-corrected chi connectivity index (χ2v) is 8.65. The molecule has 6 rings (SSSR count). The fourth-order valence-electron chi connectivity index (χ4n) is 5.24. The molecule has 4 aromatic rings. The molecule has 0 aliphatic carbocycles. The number of aromatic nitrogens is 1. The summed E-state index contributed by atoms with van der Waals surface area (Å²) in [4.78, 5) is 49.8. The number of pyridine rings is 1. The van der Waals surface area contributed by atoms with E-state index in [1.807, 2.05) is 44.2 Å². The molecule has 4 heterocycles. The predicted octanol–water partition coefficient (Wildman–Crippen LogP) is 4.16. The first-order valence-electron chi connectivity index (χ1n) is 11.2. The average molecular weight is 451 g/mol. The molecule has 2 aliphatic heterocycles. The van der Waals surface area contributed by atoms with Crippen LogP contribution in [-0.2, 0) is 10.3 Å². The molecule has 34 heavy (non-hydrogen) atoms. The number of amides is 2. The summed E-state index contributed by atoms with van der Waals surface area (Å²) >= 11 is 0. The van der Waals surface area contributed by atoms with Gasteiger partial charge in [0, 0.05) is 18.3 Å². The van der Waals surface area contributed by atoms with Gasteiger partial charge >= 0.3 is 0 Å². The third-order valence-electron chi connectivity index (χ3n) is 6.61. The molecular formula is C27H21N3O4. The van der Waals surface area contributed by atoms with Gasteiger partial charge in [-0.1, -0.05) is 37.3 Å². The van der Waals surface area contributed by atoms with Gasteiger partial charge in [-0.05, 0) is 49.2 Å². The van der Waals surface area contributed by atoms with E-state index in [9.17, 15) is 14.4 Å². The van der Waals surface area contributed by atoms with Gasteiger partial charge in [0.2, 0.25) is 5.76 Å². The topological polar surface area (TPSA) is 83.7 Å². The van der Waals surface area contributed by atoms with Crippen molar-refractivity contribution in [3.05, 3.63) is 99.5 Å². The highest BCUT2D eigenvalue weighted by Crippen LogP contribution is 2.53. The van der Waals surface area contributed by atoms with Crippen LogP contribution >= 0.6 is 0 Å². The Kier molecular flexibility index (Phi) is 4.26. The summed E-state index contributed by atoms with van der Waals surface area (Å²) in [5, 5.41) is 0.326. The highest BCUT2D eigenvalue weighted by atomic mass is 16.3. The van der Waals surface area contributed by atoms with Crippen LogP contribution in [0.5, 0.6) is 0 Å². The Labute approximate surface area is 195 Å². The molecular weight excluding hydrogens is 430 g/mol. The highest BCUT2D eigenvalue weighted by Gasteiger charge is 2.65. The van der Waals surface area contributed by atoms with Crippen LogP contribution in [0.15, 0.2) is 76.1 Å². The van der Waals surface area contributed by atoms with E-state index in [4.69, 9.17) is 4.42 Å². The van der Waals surface area contributed by atoms with Crippen LogP contribution in [0, 0.1) is 6.92 Å². The summed E-state index contributed by atoms with van der Waals surface area (Å²) in [6.07, 6.45) is 2.31. The molecule has 2 aromatic carbocycles. The molecule has 0 radical (unpaired) electrons. The normalized spacial score (nSPS) is 18.8. The molecule has 2 amide bonds. The molecule has 2 aromatic heterocycles. The Hall–Kier alpha value is -4.26. The quantitative estimate of drug-likeness (QED) is 0.467. The molecule has 1 unspecified atom stereocenters. The summed E-state index contributed by atoms with van der Waals surface area (Å²) in [6.45, 7) is 4.32. The molecule has 0 saturated heterocycles. The van der Waals surface area contributed by atoms with Gasteiger partial charge in [0.25, 0.3) is 11.8 Å². The number of anilines is 2. The molecule has 0 N–H and O–H groups in total. The zero-order valence-electron chi connectivity index (χ0n) is 18.7. The molecule has 7 nitrogen and oxygen atoms in total. The van der Waals surface area contributed by atoms with Crippen molar-refractivity contribution in [3.8, 4) is 0 Å². The van der Waals surface area contributed by atoms with Crippen LogP contribution in [0.4, 0.5) is 11.5 Å². The third-order valence-corrected chi connectivity index (χ3v) is 6.61. The number of hydrogen-bond donors (Lipinski definition) is 0. The van der Waals surface area contributed by atoms with Crippen LogP contribution < -0.4 is 15.2 Å². The number of carbonyl (C=O) groups is 2.